The van der Waals surface area contributed by atoms with Gasteiger partial charge in [-0.05, 0) is 51.4 Å². The van der Waals surface area contributed by atoms with Crippen LogP contribution in [0.5, 0.6) is 0 Å². The van der Waals surface area contributed by atoms with Gasteiger partial charge in [-0.1, -0.05) is 69.6 Å². The molecule has 0 aromatic rings. The third-order valence-electron chi connectivity index (χ3n) is 3.98. The van der Waals surface area contributed by atoms with Crippen molar-refractivity contribution in [2.24, 2.45) is 11.7 Å². The molecule has 0 aromatic heterocycles. The first-order valence-corrected chi connectivity index (χ1v) is 9.46. The van der Waals surface area contributed by atoms with Crippen LogP contribution < -0.4 is 5.73 Å². The summed E-state index contributed by atoms with van der Waals surface area (Å²) in [4.78, 5) is 11.2. The molecule has 0 aliphatic rings. The Labute approximate surface area is 143 Å². The summed E-state index contributed by atoms with van der Waals surface area (Å²) in [6, 6.07) is 0. The minimum absolute atomic E-state index is 0.0670. The fourth-order valence-electron chi connectivity index (χ4n) is 2.55. The van der Waals surface area contributed by atoms with Gasteiger partial charge in [0.05, 0.1) is 0 Å². The smallest absolute Gasteiger partial charge is 0.220 e. The quantitative estimate of drug-likeness (QED) is 0.288. The molecule has 0 heterocycles. The molecule has 0 rings (SSSR count). The van der Waals surface area contributed by atoms with Crippen LogP contribution in [0.4, 0.5) is 0 Å². The van der Waals surface area contributed by atoms with Gasteiger partial charge in [0.15, 0.2) is 0 Å². The first kappa shape index (κ1) is 21.7. The predicted octanol–water partition coefficient (Wildman–Crippen LogP) is 6.09. The number of unbranched alkanes of at least 4 members (excludes halogenated alkanes) is 4. The molecule has 0 radical (unpaired) electrons. The topological polar surface area (TPSA) is 43.1 Å². The van der Waals surface area contributed by atoms with Gasteiger partial charge >= 0.3 is 0 Å². The third kappa shape index (κ3) is 15.4. The van der Waals surface area contributed by atoms with Gasteiger partial charge in [0.25, 0.3) is 0 Å². The van der Waals surface area contributed by atoms with Gasteiger partial charge in [0, 0.05) is 5.92 Å². The van der Waals surface area contributed by atoms with Crippen LogP contribution in [-0.2, 0) is 4.79 Å². The molecule has 1 atom stereocenters. The lowest BCUT2D eigenvalue weighted by atomic mass is 9.96. The van der Waals surface area contributed by atoms with Crippen molar-refractivity contribution in [1.29, 1.82) is 0 Å². The fraction of sp³-hybridized carbons (Fsp3) is 0.667. The van der Waals surface area contributed by atoms with E-state index in [1.54, 1.807) is 0 Å². The van der Waals surface area contributed by atoms with Crippen molar-refractivity contribution in [3.05, 3.63) is 36.5 Å². The van der Waals surface area contributed by atoms with Crippen LogP contribution in [0.3, 0.4) is 0 Å². The van der Waals surface area contributed by atoms with Gasteiger partial charge < -0.3 is 5.73 Å². The molecule has 0 saturated heterocycles. The molecule has 1 unspecified atom stereocenters. The van der Waals surface area contributed by atoms with E-state index in [0.29, 0.717) is 0 Å². The minimum atomic E-state index is -0.137. The first-order chi connectivity index (χ1) is 11.2. The highest BCUT2D eigenvalue weighted by Gasteiger charge is 2.12. The highest BCUT2D eigenvalue weighted by molar-refractivity contribution is 5.76. The summed E-state index contributed by atoms with van der Waals surface area (Å²) in [6.07, 6.45) is 25.6. The fourth-order valence-corrected chi connectivity index (χ4v) is 2.55. The lowest BCUT2D eigenvalue weighted by molar-refractivity contribution is -0.122. The number of carbonyl (C=O) groups is 1. The van der Waals surface area contributed by atoms with E-state index < -0.39 is 0 Å². The van der Waals surface area contributed by atoms with E-state index in [9.17, 15) is 4.79 Å². The SMILES string of the molecule is CCCCC/C=C\C/C=C\C/C=C\CCCC(CCC)C(N)=O. The average molecular weight is 320 g/mol. The van der Waals surface area contributed by atoms with Crippen molar-refractivity contribution in [1.82, 2.24) is 0 Å². The molecular weight excluding hydrogens is 282 g/mol. The molecule has 0 aromatic carbocycles. The Balaban J connectivity index is 3.56. The molecule has 2 N–H and O–H groups in total. The van der Waals surface area contributed by atoms with E-state index in [2.05, 4.69) is 50.3 Å². The van der Waals surface area contributed by atoms with Crippen LogP contribution in [0, 0.1) is 5.92 Å². The summed E-state index contributed by atoms with van der Waals surface area (Å²) < 4.78 is 0. The van der Waals surface area contributed by atoms with E-state index >= 15 is 0 Å². The molecule has 0 bridgehead atoms. The number of allylic oxidation sites excluding steroid dienone is 6. The number of hydrogen-bond donors (Lipinski definition) is 1. The molecule has 2 heteroatoms. The second-order valence-electron chi connectivity index (χ2n) is 6.20. The molecule has 0 aliphatic carbocycles. The van der Waals surface area contributed by atoms with Crippen LogP contribution >= 0.6 is 0 Å². The molecular formula is C21H37NO. The summed E-state index contributed by atoms with van der Waals surface area (Å²) in [5.41, 5.74) is 5.41. The Morgan fingerprint density at radius 2 is 1.35 bits per heavy atom. The zero-order chi connectivity index (χ0) is 17.2. The van der Waals surface area contributed by atoms with Crippen LogP contribution in [0.2, 0.25) is 0 Å². The van der Waals surface area contributed by atoms with Crippen molar-refractivity contribution in [3.8, 4) is 0 Å². The number of hydrogen-bond acceptors (Lipinski definition) is 1. The third-order valence-corrected chi connectivity index (χ3v) is 3.98. The largest absolute Gasteiger partial charge is 0.369 e. The van der Waals surface area contributed by atoms with Crippen molar-refractivity contribution in [3.63, 3.8) is 0 Å². The van der Waals surface area contributed by atoms with Gasteiger partial charge in [-0.3, -0.25) is 4.79 Å². The molecule has 0 saturated carbocycles. The van der Waals surface area contributed by atoms with E-state index in [4.69, 9.17) is 5.73 Å². The second kappa shape index (κ2) is 17.1. The zero-order valence-electron chi connectivity index (χ0n) is 15.3. The normalized spacial score (nSPS) is 13.5. The van der Waals surface area contributed by atoms with Crippen LogP contribution in [0.15, 0.2) is 36.5 Å². The Morgan fingerprint density at radius 3 is 1.87 bits per heavy atom. The Morgan fingerprint density at radius 1 is 0.783 bits per heavy atom. The molecule has 132 valence electrons. The number of rotatable bonds is 15. The number of primary amides is 1. The van der Waals surface area contributed by atoms with Gasteiger partial charge in [-0.2, -0.15) is 0 Å². The number of amides is 1. The summed E-state index contributed by atoms with van der Waals surface area (Å²) in [6.45, 7) is 4.34. The van der Waals surface area contributed by atoms with E-state index in [1.165, 1.54) is 25.7 Å². The lowest BCUT2D eigenvalue weighted by Gasteiger charge is -2.10. The minimum Gasteiger partial charge on any atom is -0.369 e. The average Bonchev–Trinajstić information content (AvgIpc) is 2.54. The molecule has 23 heavy (non-hydrogen) atoms. The standard InChI is InChI=1S/C21H37NO/c1-3-5-6-7-8-9-10-11-12-13-14-15-16-17-19-20(18-4-2)21(22)23/h8-9,11-12,14-15,20H,3-7,10,13,16-19H2,1-2H3,(H2,22,23)/b9-8-,12-11-,15-14-. The van der Waals surface area contributed by atoms with Gasteiger partial charge in [-0.15, -0.1) is 0 Å². The van der Waals surface area contributed by atoms with E-state index in [0.717, 1.165) is 44.9 Å². The Hall–Kier alpha value is -1.31. The van der Waals surface area contributed by atoms with Gasteiger partial charge in [-0.25, -0.2) is 0 Å². The summed E-state index contributed by atoms with van der Waals surface area (Å²) >= 11 is 0. The van der Waals surface area contributed by atoms with E-state index in [-0.39, 0.29) is 11.8 Å². The highest BCUT2D eigenvalue weighted by atomic mass is 16.1. The predicted molar refractivity (Wildman–Crippen MR) is 102 cm³/mol. The number of nitrogens with two attached hydrogens (primary N) is 1. The van der Waals surface area contributed by atoms with E-state index in [1.807, 2.05) is 0 Å². The van der Waals surface area contributed by atoms with Crippen molar-refractivity contribution in [2.75, 3.05) is 0 Å². The van der Waals surface area contributed by atoms with Crippen LogP contribution in [-0.4, -0.2) is 5.91 Å². The first-order valence-electron chi connectivity index (χ1n) is 9.46. The van der Waals surface area contributed by atoms with Crippen LogP contribution in [0.25, 0.3) is 0 Å². The second-order valence-corrected chi connectivity index (χ2v) is 6.20. The molecule has 2 nitrogen and oxygen atoms in total. The summed E-state index contributed by atoms with van der Waals surface area (Å²) in [5.74, 6) is -0.0704. The van der Waals surface area contributed by atoms with Crippen LogP contribution in [0.1, 0.15) is 84.5 Å². The van der Waals surface area contributed by atoms with Crippen molar-refractivity contribution >= 4 is 5.91 Å². The van der Waals surface area contributed by atoms with Crippen molar-refractivity contribution in [2.45, 2.75) is 84.5 Å². The number of carbonyl (C=O) groups excluding carboxylic acids is 1. The molecule has 0 spiro atoms. The molecule has 0 aliphatic heterocycles. The van der Waals surface area contributed by atoms with Gasteiger partial charge in [0.1, 0.15) is 0 Å². The monoisotopic (exact) mass is 319 g/mol. The van der Waals surface area contributed by atoms with Gasteiger partial charge in [0.2, 0.25) is 5.91 Å². The molecule has 0 fully saturated rings. The maximum Gasteiger partial charge on any atom is 0.220 e. The Kier molecular flexibility index (Phi) is 16.1. The maximum atomic E-state index is 11.2. The highest BCUT2D eigenvalue weighted by Crippen LogP contribution is 2.14. The van der Waals surface area contributed by atoms with Crippen molar-refractivity contribution < 1.29 is 4.79 Å². The molecule has 1 amide bonds. The Bertz CT molecular complexity index is 355. The zero-order valence-corrected chi connectivity index (χ0v) is 15.3. The maximum absolute atomic E-state index is 11.2. The summed E-state index contributed by atoms with van der Waals surface area (Å²) in [7, 11) is 0. The summed E-state index contributed by atoms with van der Waals surface area (Å²) in [5, 5.41) is 0. The lowest BCUT2D eigenvalue weighted by Crippen LogP contribution is -2.22.